The zero-order valence-electron chi connectivity index (χ0n) is 12.8. The molecule has 3 aromatic carbocycles. The lowest BCUT2D eigenvalue weighted by Crippen LogP contribution is -2.35. The fourth-order valence-corrected chi connectivity index (χ4v) is 2.47. The van der Waals surface area contributed by atoms with Crippen molar-refractivity contribution < 1.29 is 15.0 Å². The third-order valence-corrected chi connectivity index (χ3v) is 3.67. The number of carbonyl (C=O) groups excluding carboxylic acids is 1. The summed E-state index contributed by atoms with van der Waals surface area (Å²) in [4.78, 5) is 12.4. The van der Waals surface area contributed by atoms with Gasteiger partial charge in [-0.25, -0.2) is 0 Å². The minimum atomic E-state index is -0.314. The molecule has 0 fully saturated rings. The smallest absolute Gasteiger partial charge is 0.270 e. The van der Waals surface area contributed by atoms with Crippen LogP contribution in [0.4, 0.5) is 0 Å². The van der Waals surface area contributed by atoms with Gasteiger partial charge in [0.15, 0.2) is 0 Å². The zero-order valence-corrected chi connectivity index (χ0v) is 12.8. The first-order valence-corrected chi connectivity index (χ1v) is 7.31. The standard InChI is InChI=1S/C19H16N2O3/c1-12(15-10-9-14(22)11-18(15)23)20-21-19(24)17-8-4-6-13-5-2-3-7-16(13)17/h2-11,20,22-23H,1H2,(H,21,24). The Hall–Kier alpha value is -3.47. The number of phenolic OH excluding ortho intramolecular Hbond substituents is 2. The molecule has 0 aromatic heterocycles. The molecule has 5 heteroatoms. The van der Waals surface area contributed by atoms with Crippen molar-refractivity contribution >= 4 is 22.4 Å². The molecule has 0 saturated heterocycles. The molecular weight excluding hydrogens is 304 g/mol. The lowest BCUT2D eigenvalue weighted by atomic mass is 10.0. The van der Waals surface area contributed by atoms with E-state index in [1.54, 1.807) is 6.07 Å². The molecule has 3 aromatic rings. The molecule has 0 atom stereocenters. The van der Waals surface area contributed by atoms with Crippen LogP contribution in [-0.4, -0.2) is 16.1 Å². The highest BCUT2D eigenvalue weighted by molar-refractivity contribution is 6.07. The van der Waals surface area contributed by atoms with E-state index in [0.29, 0.717) is 16.8 Å². The number of benzene rings is 3. The maximum absolute atomic E-state index is 12.4. The van der Waals surface area contributed by atoms with Gasteiger partial charge in [-0.3, -0.25) is 15.6 Å². The van der Waals surface area contributed by atoms with Crippen molar-refractivity contribution in [1.82, 2.24) is 10.9 Å². The molecule has 4 N–H and O–H groups in total. The predicted octanol–water partition coefficient (Wildman–Crippen LogP) is 3.16. The summed E-state index contributed by atoms with van der Waals surface area (Å²) >= 11 is 0. The van der Waals surface area contributed by atoms with Gasteiger partial charge in [0.25, 0.3) is 5.91 Å². The van der Waals surface area contributed by atoms with Gasteiger partial charge in [-0.1, -0.05) is 43.0 Å². The third-order valence-electron chi connectivity index (χ3n) is 3.67. The van der Waals surface area contributed by atoms with E-state index >= 15 is 0 Å². The molecule has 0 bridgehead atoms. The molecule has 24 heavy (non-hydrogen) atoms. The Morgan fingerprint density at radius 1 is 0.875 bits per heavy atom. The Morgan fingerprint density at radius 2 is 1.62 bits per heavy atom. The summed E-state index contributed by atoms with van der Waals surface area (Å²) in [6.07, 6.45) is 0. The maximum atomic E-state index is 12.4. The highest BCUT2D eigenvalue weighted by Gasteiger charge is 2.11. The third kappa shape index (κ3) is 3.01. The van der Waals surface area contributed by atoms with Crippen LogP contribution in [0.2, 0.25) is 0 Å². The summed E-state index contributed by atoms with van der Waals surface area (Å²) in [6.45, 7) is 3.78. The summed E-state index contributed by atoms with van der Waals surface area (Å²) in [6, 6.07) is 17.2. The fourth-order valence-electron chi connectivity index (χ4n) is 2.47. The molecule has 3 rings (SSSR count). The summed E-state index contributed by atoms with van der Waals surface area (Å²) in [7, 11) is 0. The van der Waals surface area contributed by atoms with E-state index < -0.39 is 0 Å². The van der Waals surface area contributed by atoms with Gasteiger partial charge in [-0.15, -0.1) is 0 Å². The number of hydrogen-bond donors (Lipinski definition) is 4. The fraction of sp³-hybridized carbons (Fsp3) is 0. The average Bonchev–Trinajstić information content (AvgIpc) is 2.59. The zero-order chi connectivity index (χ0) is 17.1. The van der Waals surface area contributed by atoms with Crippen LogP contribution in [0.1, 0.15) is 15.9 Å². The molecule has 0 radical (unpaired) electrons. The lowest BCUT2D eigenvalue weighted by molar-refractivity contribution is 0.0944. The van der Waals surface area contributed by atoms with Crippen molar-refractivity contribution in [3.63, 3.8) is 0 Å². The molecule has 1 amide bonds. The van der Waals surface area contributed by atoms with Gasteiger partial charge in [0.2, 0.25) is 0 Å². The highest BCUT2D eigenvalue weighted by atomic mass is 16.3. The van der Waals surface area contributed by atoms with Gasteiger partial charge in [0.1, 0.15) is 11.5 Å². The number of aromatic hydroxyl groups is 2. The second-order valence-electron chi connectivity index (χ2n) is 5.29. The van der Waals surface area contributed by atoms with Gasteiger partial charge in [-0.05, 0) is 29.0 Å². The Kier molecular flexibility index (Phi) is 4.07. The van der Waals surface area contributed by atoms with Gasteiger partial charge < -0.3 is 10.2 Å². The predicted molar refractivity (Wildman–Crippen MR) is 93.4 cm³/mol. The van der Waals surface area contributed by atoms with Crippen LogP contribution < -0.4 is 10.9 Å². The molecule has 120 valence electrons. The first-order valence-electron chi connectivity index (χ1n) is 7.31. The summed E-state index contributed by atoms with van der Waals surface area (Å²) in [5.74, 6) is -0.498. The van der Waals surface area contributed by atoms with E-state index in [4.69, 9.17) is 0 Å². The van der Waals surface area contributed by atoms with Gasteiger partial charge in [-0.2, -0.15) is 0 Å². The SMILES string of the molecule is C=C(NNC(=O)c1cccc2ccccc12)c1ccc(O)cc1O. The first-order chi connectivity index (χ1) is 11.6. The number of rotatable bonds is 4. The summed E-state index contributed by atoms with van der Waals surface area (Å²) in [5.41, 5.74) is 6.47. The van der Waals surface area contributed by atoms with E-state index in [1.165, 1.54) is 18.2 Å². The number of fused-ring (bicyclic) bond motifs is 1. The number of amides is 1. The van der Waals surface area contributed by atoms with Crippen LogP contribution in [0.25, 0.3) is 16.5 Å². The van der Waals surface area contributed by atoms with E-state index in [-0.39, 0.29) is 17.4 Å². The maximum Gasteiger partial charge on any atom is 0.270 e. The molecule has 5 nitrogen and oxygen atoms in total. The van der Waals surface area contributed by atoms with Crippen LogP contribution in [-0.2, 0) is 0 Å². The number of hydrazine groups is 1. The van der Waals surface area contributed by atoms with E-state index in [2.05, 4.69) is 17.4 Å². The number of phenols is 2. The highest BCUT2D eigenvalue weighted by Crippen LogP contribution is 2.26. The Morgan fingerprint density at radius 3 is 2.42 bits per heavy atom. The van der Waals surface area contributed by atoms with Crippen molar-refractivity contribution in [2.45, 2.75) is 0 Å². The Balaban J connectivity index is 1.76. The van der Waals surface area contributed by atoms with Crippen LogP contribution in [0.3, 0.4) is 0 Å². The number of hydrogen-bond acceptors (Lipinski definition) is 4. The van der Waals surface area contributed by atoms with Crippen LogP contribution in [0, 0.1) is 0 Å². The van der Waals surface area contributed by atoms with E-state index in [0.717, 1.165) is 10.8 Å². The molecule has 0 heterocycles. The second-order valence-corrected chi connectivity index (χ2v) is 5.29. The van der Waals surface area contributed by atoms with Crippen molar-refractivity contribution in [1.29, 1.82) is 0 Å². The molecule has 0 aliphatic heterocycles. The largest absolute Gasteiger partial charge is 0.508 e. The minimum Gasteiger partial charge on any atom is -0.508 e. The number of carbonyl (C=O) groups is 1. The molecule has 0 spiro atoms. The van der Waals surface area contributed by atoms with E-state index in [9.17, 15) is 15.0 Å². The molecule has 0 unspecified atom stereocenters. The second kappa shape index (κ2) is 6.34. The van der Waals surface area contributed by atoms with Crippen molar-refractivity contribution in [3.05, 3.63) is 78.4 Å². The van der Waals surface area contributed by atoms with Crippen LogP contribution in [0.5, 0.6) is 11.5 Å². The number of nitrogens with one attached hydrogen (secondary N) is 2. The van der Waals surface area contributed by atoms with Gasteiger partial charge in [0, 0.05) is 17.2 Å². The monoisotopic (exact) mass is 320 g/mol. The van der Waals surface area contributed by atoms with Crippen LogP contribution in [0.15, 0.2) is 67.2 Å². The van der Waals surface area contributed by atoms with Crippen LogP contribution >= 0.6 is 0 Å². The van der Waals surface area contributed by atoms with Crippen molar-refractivity contribution in [2.24, 2.45) is 0 Å². The average molecular weight is 320 g/mol. The molecule has 0 aliphatic carbocycles. The topological polar surface area (TPSA) is 81.6 Å². The Labute approximate surface area is 138 Å². The molecule has 0 saturated carbocycles. The normalized spacial score (nSPS) is 10.3. The Bertz CT molecular complexity index is 930. The summed E-state index contributed by atoms with van der Waals surface area (Å²) in [5, 5.41) is 20.9. The van der Waals surface area contributed by atoms with E-state index in [1.807, 2.05) is 36.4 Å². The summed E-state index contributed by atoms with van der Waals surface area (Å²) < 4.78 is 0. The van der Waals surface area contributed by atoms with Gasteiger partial charge in [0.05, 0.1) is 5.70 Å². The van der Waals surface area contributed by atoms with Crippen molar-refractivity contribution in [3.8, 4) is 11.5 Å². The van der Waals surface area contributed by atoms with Gasteiger partial charge >= 0.3 is 0 Å². The van der Waals surface area contributed by atoms with Crippen molar-refractivity contribution in [2.75, 3.05) is 0 Å². The lowest BCUT2D eigenvalue weighted by Gasteiger charge is -2.13. The first kappa shape index (κ1) is 15.4. The molecule has 0 aliphatic rings. The minimum absolute atomic E-state index is 0.0520. The quantitative estimate of drug-likeness (QED) is 0.557. The molecular formula is C19H16N2O3.